The van der Waals surface area contributed by atoms with E-state index in [2.05, 4.69) is 5.32 Å². The predicted molar refractivity (Wildman–Crippen MR) is 56.3 cm³/mol. The third-order valence-electron chi connectivity index (χ3n) is 4.06. The summed E-state index contributed by atoms with van der Waals surface area (Å²) in [6.45, 7) is 1.10. The number of ether oxygens (including phenoxy) is 1. The quantitative estimate of drug-likeness (QED) is 0.745. The fourth-order valence-electron chi connectivity index (χ4n) is 3.01. The minimum Gasteiger partial charge on any atom is -0.370 e. The van der Waals surface area contributed by atoms with Gasteiger partial charge in [0.2, 0.25) is 0 Å². The highest BCUT2D eigenvalue weighted by Gasteiger charge is 2.42. The molecule has 2 aliphatic carbocycles. The summed E-state index contributed by atoms with van der Waals surface area (Å²) in [7, 11) is 0. The summed E-state index contributed by atoms with van der Waals surface area (Å²) in [5.74, 6) is 0. The van der Waals surface area contributed by atoms with Crippen LogP contribution in [0.5, 0.6) is 0 Å². The molecule has 0 aromatic heterocycles. The van der Waals surface area contributed by atoms with Gasteiger partial charge in [-0.1, -0.05) is 12.8 Å². The van der Waals surface area contributed by atoms with Gasteiger partial charge >= 0.3 is 0 Å². The van der Waals surface area contributed by atoms with Gasteiger partial charge in [-0.3, -0.25) is 0 Å². The third-order valence-corrected chi connectivity index (χ3v) is 4.06. The average Bonchev–Trinajstić information content (AvgIpc) is 2.79. The zero-order valence-electron chi connectivity index (χ0n) is 8.93. The van der Waals surface area contributed by atoms with Crippen molar-refractivity contribution in [2.24, 2.45) is 0 Å². The number of hydrogen-bond acceptors (Lipinski definition) is 2. The molecule has 0 bridgehead atoms. The molecule has 2 saturated carbocycles. The summed E-state index contributed by atoms with van der Waals surface area (Å²) in [4.78, 5) is 0. The van der Waals surface area contributed by atoms with Crippen LogP contribution in [-0.4, -0.2) is 24.3 Å². The normalized spacial score (nSPS) is 35.6. The molecule has 3 rings (SSSR count). The first-order valence-corrected chi connectivity index (χ1v) is 6.28. The molecule has 80 valence electrons. The predicted octanol–water partition coefficient (Wildman–Crippen LogP) is 2.23. The van der Waals surface area contributed by atoms with Gasteiger partial charge in [0.1, 0.15) is 0 Å². The number of rotatable bonds is 3. The lowest BCUT2D eigenvalue weighted by molar-refractivity contribution is -0.0351. The van der Waals surface area contributed by atoms with Gasteiger partial charge in [-0.05, 0) is 38.5 Å². The highest BCUT2D eigenvalue weighted by Crippen LogP contribution is 2.43. The lowest BCUT2D eigenvalue weighted by Crippen LogP contribution is -2.31. The lowest BCUT2D eigenvalue weighted by Gasteiger charge is -2.23. The summed E-state index contributed by atoms with van der Waals surface area (Å²) in [5.41, 5.74) is 0.329. The van der Waals surface area contributed by atoms with Crippen LogP contribution in [0.25, 0.3) is 0 Å². The molecule has 2 heteroatoms. The molecule has 1 heterocycles. The molecule has 0 radical (unpaired) electrons. The first kappa shape index (κ1) is 9.17. The van der Waals surface area contributed by atoms with E-state index in [1.807, 2.05) is 0 Å². The maximum atomic E-state index is 6.23. The first-order chi connectivity index (χ1) is 6.86. The van der Waals surface area contributed by atoms with E-state index >= 15 is 0 Å². The molecule has 0 aromatic rings. The molecule has 1 aliphatic heterocycles. The van der Waals surface area contributed by atoms with E-state index in [0.717, 1.165) is 12.6 Å². The molecule has 1 spiro atoms. The number of nitrogens with one attached hydrogen (secondary N) is 1. The lowest BCUT2D eigenvalue weighted by atomic mass is 9.98. The molecule has 1 saturated heterocycles. The Hall–Kier alpha value is -0.0800. The van der Waals surface area contributed by atoms with Crippen LogP contribution >= 0.6 is 0 Å². The third kappa shape index (κ3) is 1.82. The first-order valence-electron chi connectivity index (χ1n) is 6.28. The van der Waals surface area contributed by atoms with Gasteiger partial charge in [-0.2, -0.15) is 0 Å². The van der Waals surface area contributed by atoms with Crippen molar-refractivity contribution in [3.63, 3.8) is 0 Å². The van der Waals surface area contributed by atoms with Gasteiger partial charge in [0.15, 0.2) is 0 Å². The van der Waals surface area contributed by atoms with Gasteiger partial charge in [0.05, 0.1) is 11.7 Å². The summed E-state index contributed by atoms with van der Waals surface area (Å²) >= 11 is 0. The van der Waals surface area contributed by atoms with Crippen molar-refractivity contribution in [1.29, 1.82) is 0 Å². The fourth-order valence-corrected chi connectivity index (χ4v) is 3.01. The minimum atomic E-state index is 0.329. The van der Waals surface area contributed by atoms with Gasteiger partial charge in [0.25, 0.3) is 0 Å². The van der Waals surface area contributed by atoms with Crippen LogP contribution in [0.4, 0.5) is 0 Å². The van der Waals surface area contributed by atoms with E-state index in [1.165, 1.54) is 51.4 Å². The van der Waals surface area contributed by atoms with Gasteiger partial charge in [-0.15, -0.1) is 0 Å². The van der Waals surface area contributed by atoms with Crippen LogP contribution in [0.3, 0.4) is 0 Å². The zero-order valence-corrected chi connectivity index (χ0v) is 8.93. The molecule has 14 heavy (non-hydrogen) atoms. The zero-order chi connectivity index (χ0) is 9.43. The van der Waals surface area contributed by atoms with Crippen molar-refractivity contribution < 1.29 is 4.74 Å². The van der Waals surface area contributed by atoms with E-state index in [9.17, 15) is 0 Å². The Labute approximate surface area is 86.4 Å². The Bertz CT molecular complexity index is 206. The highest BCUT2D eigenvalue weighted by molar-refractivity contribution is 4.94. The smallest absolute Gasteiger partial charge is 0.0708 e. The second kappa shape index (κ2) is 3.49. The molecule has 1 atom stereocenters. The van der Waals surface area contributed by atoms with Crippen LogP contribution in [0, 0.1) is 0 Å². The van der Waals surface area contributed by atoms with E-state index in [-0.39, 0.29) is 0 Å². The molecule has 1 N–H and O–H groups in total. The summed E-state index contributed by atoms with van der Waals surface area (Å²) < 4.78 is 6.23. The standard InChI is InChI=1S/C12H21NO/c1-2-7-12(6-1)8-5-11(14-12)9-13-10-3-4-10/h10-11,13H,1-9H2. The highest BCUT2D eigenvalue weighted by atomic mass is 16.5. The Balaban J connectivity index is 1.48. The van der Waals surface area contributed by atoms with Crippen molar-refractivity contribution in [2.45, 2.75) is 69.1 Å². The maximum absolute atomic E-state index is 6.23. The second-order valence-corrected chi connectivity index (χ2v) is 5.35. The molecule has 2 nitrogen and oxygen atoms in total. The average molecular weight is 195 g/mol. The van der Waals surface area contributed by atoms with E-state index in [4.69, 9.17) is 4.74 Å². The van der Waals surface area contributed by atoms with E-state index < -0.39 is 0 Å². The van der Waals surface area contributed by atoms with Gasteiger partial charge < -0.3 is 10.1 Å². The Kier molecular flexibility index (Phi) is 2.29. The maximum Gasteiger partial charge on any atom is 0.0708 e. The SMILES string of the molecule is C1CCC2(C1)CCC(CNC1CC1)O2. The molecule has 3 fully saturated rings. The van der Waals surface area contributed by atoms with Crippen LogP contribution in [0.15, 0.2) is 0 Å². The summed E-state index contributed by atoms with van der Waals surface area (Å²) in [5, 5.41) is 3.58. The van der Waals surface area contributed by atoms with Crippen LogP contribution in [0.2, 0.25) is 0 Å². The number of hydrogen-bond donors (Lipinski definition) is 1. The molecule has 0 amide bonds. The molecular weight excluding hydrogens is 174 g/mol. The second-order valence-electron chi connectivity index (χ2n) is 5.35. The summed E-state index contributed by atoms with van der Waals surface area (Å²) in [6, 6.07) is 0.832. The van der Waals surface area contributed by atoms with Crippen molar-refractivity contribution in [3.8, 4) is 0 Å². The monoisotopic (exact) mass is 195 g/mol. The van der Waals surface area contributed by atoms with Crippen LogP contribution in [0.1, 0.15) is 51.4 Å². The van der Waals surface area contributed by atoms with Crippen molar-refractivity contribution in [3.05, 3.63) is 0 Å². The molecule has 3 aliphatic rings. The van der Waals surface area contributed by atoms with E-state index in [1.54, 1.807) is 0 Å². The van der Waals surface area contributed by atoms with E-state index in [0.29, 0.717) is 11.7 Å². The topological polar surface area (TPSA) is 21.3 Å². The van der Waals surface area contributed by atoms with Crippen molar-refractivity contribution in [1.82, 2.24) is 5.32 Å². The Morgan fingerprint density at radius 1 is 1.07 bits per heavy atom. The fraction of sp³-hybridized carbons (Fsp3) is 1.00. The largest absolute Gasteiger partial charge is 0.370 e. The van der Waals surface area contributed by atoms with Crippen molar-refractivity contribution >= 4 is 0 Å². The Morgan fingerprint density at radius 2 is 1.86 bits per heavy atom. The van der Waals surface area contributed by atoms with Crippen molar-refractivity contribution in [2.75, 3.05) is 6.54 Å². The summed E-state index contributed by atoms with van der Waals surface area (Å²) in [6.07, 6.45) is 11.3. The minimum absolute atomic E-state index is 0.329. The van der Waals surface area contributed by atoms with Gasteiger partial charge in [-0.25, -0.2) is 0 Å². The molecule has 1 unspecified atom stereocenters. The van der Waals surface area contributed by atoms with Crippen LogP contribution < -0.4 is 5.32 Å². The van der Waals surface area contributed by atoms with Crippen LogP contribution in [-0.2, 0) is 4.74 Å². The molecule has 0 aromatic carbocycles. The Morgan fingerprint density at radius 3 is 2.57 bits per heavy atom. The van der Waals surface area contributed by atoms with Gasteiger partial charge in [0, 0.05) is 12.6 Å². The molecular formula is C12H21NO.